The summed E-state index contributed by atoms with van der Waals surface area (Å²) in [5, 5.41) is 0. The average Bonchev–Trinajstić information content (AvgIpc) is 1.99. The van der Waals surface area contributed by atoms with Gasteiger partial charge in [-0.2, -0.15) is 0 Å². The lowest BCUT2D eigenvalue weighted by Crippen LogP contribution is -2.27. The Morgan fingerprint density at radius 3 is 2.20 bits per heavy atom. The maximum absolute atomic E-state index is 11.0. The molecular weight excluding hydrogens is 196 g/mol. The van der Waals surface area contributed by atoms with E-state index in [1.807, 2.05) is 20.8 Å². The van der Waals surface area contributed by atoms with Gasteiger partial charge >= 0.3 is 11.9 Å². The molecule has 86 valence electrons. The predicted molar refractivity (Wildman–Crippen MR) is 55.9 cm³/mol. The molecule has 1 unspecified atom stereocenters. The first-order valence-corrected chi connectivity index (χ1v) is 4.75. The van der Waals surface area contributed by atoms with Gasteiger partial charge in [0.2, 0.25) is 6.29 Å². The minimum absolute atomic E-state index is 0.0957. The molecule has 0 aromatic carbocycles. The predicted octanol–water partition coefficient (Wildman–Crippen LogP) is 2.04. The Morgan fingerprint density at radius 2 is 1.87 bits per heavy atom. The Kier molecular flexibility index (Phi) is 5.05. The van der Waals surface area contributed by atoms with Crippen molar-refractivity contribution in [3.05, 3.63) is 12.7 Å². The van der Waals surface area contributed by atoms with Gasteiger partial charge < -0.3 is 9.47 Å². The molecule has 0 aliphatic rings. The first-order valence-electron chi connectivity index (χ1n) is 4.75. The van der Waals surface area contributed by atoms with Crippen LogP contribution in [0.3, 0.4) is 0 Å². The van der Waals surface area contributed by atoms with Crippen molar-refractivity contribution in [2.45, 2.75) is 40.4 Å². The van der Waals surface area contributed by atoms with E-state index < -0.39 is 18.2 Å². The summed E-state index contributed by atoms with van der Waals surface area (Å²) >= 11 is 0. The smallest absolute Gasteiger partial charge is 0.333 e. The SMILES string of the molecule is C=CC(=O)OC(CC(C)(C)C)OC(C)=O. The first kappa shape index (κ1) is 13.7. The van der Waals surface area contributed by atoms with Gasteiger partial charge in [-0.3, -0.25) is 4.79 Å². The van der Waals surface area contributed by atoms with E-state index in [-0.39, 0.29) is 5.41 Å². The number of hydrogen-bond donors (Lipinski definition) is 0. The highest BCUT2D eigenvalue weighted by Gasteiger charge is 2.23. The number of carbonyl (C=O) groups is 2. The molecule has 0 aliphatic carbocycles. The van der Waals surface area contributed by atoms with Crippen molar-refractivity contribution in [2.24, 2.45) is 5.41 Å². The molecule has 0 spiro atoms. The summed E-state index contributed by atoms with van der Waals surface area (Å²) in [5.74, 6) is -1.06. The van der Waals surface area contributed by atoms with Crippen LogP contribution in [0.2, 0.25) is 0 Å². The molecule has 0 aromatic heterocycles. The normalized spacial score (nSPS) is 12.8. The van der Waals surface area contributed by atoms with Gasteiger partial charge in [0.15, 0.2) is 0 Å². The fourth-order valence-electron chi connectivity index (χ4n) is 0.970. The average molecular weight is 214 g/mol. The van der Waals surface area contributed by atoms with E-state index in [0.29, 0.717) is 6.42 Å². The molecule has 0 rings (SSSR count). The number of rotatable bonds is 4. The van der Waals surface area contributed by atoms with Crippen LogP contribution < -0.4 is 0 Å². The van der Waals surface area contributed by atoms with Crippen LogP contribution in [-0.2, 0) is 19.1 Å². The highest BCUT2D eigenvalue weighted by molar-refractivity contribution is 5.81. The van der Waals surface area contributed by atoms with Crippen LogP contribution in [0.15, 0.2) is 12.7 Å². The maximum atomic E-state index is 11.0. The molecule has 0 aliphatic heterocycles. The van der Waals surface area contributed by atoms with E-state index >= 15 is 0 Å². The lowest BCUT2D eigenvalue weighted by Gasteiger charge is -2.24. The van der Waals surface area contributed by atoms with Crippen molar-refractivity contribution in [3.63, 3.8) is 0 Å². The summed E-state index contributed by atoms with van der Waals surface area (Å²) in [7, 11) is 0. The standard InChI is InChI=1S/C11H18O4/c1-6-9(13)15-10(14-8(2)12)7-11(3,4)5/h6,10H,1,7H2,2-5H3. The third-order valence-electron chi connectivity index (χ3n) is 1.49. The molecule has 15 heavy (non-hydrogen) atoms. The monoisotopic (exact) mass is 214 g/mol. The summed E-state index contributed by atoms with van der Waals surface area (Å²) in [6, 6.07) is 0. The molecule has 0 saturated carbocycles. The van der Waals surface area contributed by atoms with Gasteiger partial charge in [0, 0.05) is 19.4 Å². The third-order valence-corrected chi connectivity index (χ3v) is 1.49. The Balaban J connectivity index is 4.37. The Hall–Kier alpha value is -1.32. The highest BCUT2D eigenvalue weighted by atomic mass is 16.7. The van der Waals surface area contributed by atoms with Crippen LogP contribution in [0, 0.1) is 5.41 Å². The van der Waals surface area contributed by atoms with Gasteiger partial charge in [-0.25, -0.2) is 4.79 Å². The van der Waals surface area contributed by atoms with Crippen molar-refractivity contribution in [2.75, 3.05) is 0 Å². The second-order valence-electron chi connectivity index (χ2n) is 4.44. The topological polar surface area (TPSA) is 52.6 Å². The van der Waals surface area contributed by atoms with Crippen molar-refractivity contribution in [1.82, 2.24) is 0 Å². The zero-order valence-electron chi connectivity index (χ0n) is 9.70. The molecular formula is C11H18O4. The number of carbonyl (C=O) groups excluding carboxylic acids is 2. The van der Waals surface area contributed by atoms with Crippen LogP contribution in [0.5, 0.6) is 0 Å². The van der Waals surface area contributed by atoms with Crippen LogP contribution in [-0.4, -0.2) is 18.2 Å². The molecule has 4 heteroatoms. The van der Waals surface area contributed by atoms with E-state index in [2.05, 4.69) is 6.58 Å². The largest absolute Gasteiger partial charge is 0.425 e. The first-order chi connectivity index (χ1) is 6.74. The third kappa shape index (κ3) is 7.73. The van der Waals surface area contributed by atoms with Gasteiger partial charge in [-0.05, 0) is 5.41 Å². The summed E-state index contributed by atoms with van der Waals surface area (Å²) in [5.41, 5.74) is -0.0957. The van der Waals surface area contributed by atoms with E-state index in [0.717, 1.165) is 6.08 Å². The second-order valence-corrected chi connectivity index (χ2v) is 4.44. The van der Waals surface area contributed by atoms with Gasteiger partial charge in [0.1, 0.15) is 0 Å². The van der Waals surface area contributed by atoms with Crippen molar-refractivity contribution in [1.29, 1.82) is 0 Å². The highest BCUT2D eigenvalue weighted by Crippen LogP contribution is 2.23. The maximum Gasteiger partial charge on any atom is 0.333 e. The minimum Gasteiger partial charge on any atom is -0.425 e. The van der Waals surface area contributed by atoms with E-state index in [1.165, 1.54) is 6.92 Å². The fraction of sp³-hybridized carbons (Fsp3) is 0.636. The summed E-state index contributed by atoms with van der Waals surface area (Å²) in [6.07, 6.45) is 0.652. The molecule has 0 bridgehead atoms. The quantitative estimate of drug-likeness (QED) is 0.408. The molecule has 0 fully saturated rings. The van der Waals surface area contributed by atoms with Crippen LogP contribution in [0.1, 0.15) is 34.1 Å². The zero-order chi connectivity index (χ0) is 12.1. The molecule has 0 aromatic rings. The van der Waals surface area contributed by atoms with E-state index in [1.54, 1.807) is 0 Å². The van der Waals surface area contributed by atoms with Gasteiger partial charge in [0.25, 0.3) is 0 Å². The van der Waals surface area contributed by atoms with Crippen LogP contribution >= 0.6 is 0 Å². The number of hydrogen-bond acceptors (Lipinski definition) is 4. The number of ether oxygens (including phenoxy) is 2. The van der Waals surface area contributed by atoms with Gasteiger partial charge in [-0.1, -0.05) is 27.4 Å². The Bertz CT molecular complexity index is 250. The van der Waals surface area contributed by atoms with Crippen LogP contribution in [0.4, 0.5) is 0 Å². The summed E-state index contributed by atoms with van der Waals surface area (Å²) < 4.78 is 9.76. The lowest BCUT2D eigenvalue weighted by molar-refractivity contribution is -0.187. The van der Waals surface area contributed by atoms with E-state index in [9.17, 15) is 9.59 Å². The van der Waals surface area contributed by atoms with Crippen molar-refractivity contribution in [3.8, 4) is 0 Å². The molecule has 4 nitrogen and oxygen atoms in total. The Morgan fingerprint density at radius 1 is 1.33 bits per heavy atom. The van der Waals surface area contributed by atoms with Gasteiger partial charge in [-0.15, -0.1) is 0 Å². The van der Waals surface area contributed by atoms with Crippen LogP contribution in [0.25, 0.3) is 0 Å². The van der Waals surface area contributed by atoms with Gasteiger partial charge in [0.05, 0.1) is 0 Å². The van der Waals surface area contributed by atoms with E-state index in [4.69, 9.17) is 9.47 Å². The van der Waals surface area contributed by atoms with Crippen molar-refractivity contribution >= 4 is 11.9 Å². The lowest BCUT2D eigenvalue weighted by atomic mass is 9.92. The molecule has 0 amide bonds. The Labute approximate surface area is 90.2 Å². The molecule has 0 N–H and O–H groups in total. The fourth-order valence-corrected chi connectivity index (χ4v) is 0.970. The second kappa shape index (κ2) is 5.53. The summed E-state index contributed by atoms with van der Waals surface area (Å²) in [4.78, 5) is 21.7. The van der Waals surface area contributed by atoms with Crippen molar-refractivity contribution < 1.29 is 19.1 Å². The minimum atomic E-state index is -0.840. The zero-order valence-corrected chi connectivity index (χ0v) is 9.70. The molecule has 1 atom stereocenters. The number of esters is 2. The molecule has 0 saturated heterocycles. The molecule has 0 radical (unpaired) electrons. The molecule has 0 heterocycles. The summed E-state index contributed by atoms with van der Waals surface area (Å²) in [6.45, 7) is 10.4.